The van der Waals surface area contributed by atoms with Gasteiger partial charge in [0.05, 0.1) is 0 Å². The summed E-state index contributed by atoms with van der Waals surface area (Å²) in [5.41, 5.74) is 0. The first-order chi connectivity index (χ1) is 3.50. The van der Waals surface area contributed by atoms with Gasteiger partial charge < -0.3 is 0 Å². The van der Waals surface area contributed by atoms with Crippen molar-refractivity contribution >= 4 is 12.6 Å². The minimum atomic E-state index is 0.125. The molecule has 1 unspecified atom stereocenters. The largest absolute Gasteiger partial charge is 0.0868 e. The molecule has 1 heteroatoms. The monoisotopic (exact) mass is 131 g/mol. The summed E-state index contributed by atoms with van der Waals surface area (Å²) in [6.45, 7) is 8.63. The summed E-state index contributed by atoms with van der Waals surface area (Å²) in [6.07, 6.45) is 1.10. The molecular weight excluding hydrogens is 116 g/mol. The van der Waals surface area contributed by atoms with E-state index in [9.17, 15) is 0 Å². The normalized spacial score (nSPS) is 18.8. The van der Waals surface area contributed by atoms with Crippen LogP contribution in [0.15, 0.2) is 0 Å². The summed E-state index contributed by atoms with van der Waals surface area (Å²) in [6, 6.07) is 0. The fourth-order valence-electron chi connectivity index (χ4n) is 0.408. The van der Waals surface area contributed by atoms with E-state index in [1.165, 1.54) is 0 Å². The van der Waals surface area contributed by atoms with Gasteiger partial charge >= 0.3 is 0 Å². The molecule has 0 nitrogen and oxygen atoms in total. The molecule has 0 heterocycles. The van der Waals surface area contributed by atoms with Crippen LogP contribution in [0.25, 0.3) is 0 Å². The molecule has 1 radical (unpaired) electrons. The van der Waals surface area contributed by atoms with E-state index in [0.29, 0.717) is 5.92 Å². The summed E-state index contributed by atoms with van der Waals surface area (Å²) in [5, 5.41) is 0. The van der Waals surface area contributed by atoms with Crippen LogP contribution in [0.1, 0.15) is 34.1 Å². The van der Waals surface area contributed by atoms with Crippen LogP contribution in [0.2, 0.25) is 0 Å². The van der Waals surface area contributed by atoms with Crippen molar-refractivity contribution in [3.63, 3.8) is 0 Å². The predicted octanol–water partition coefficient (Wildman–Crippen LogP) is 3.01. The van der Waals surface area contributed by atoms with Gasteiger partial charge in [-0.3, -0.25) is 0 Å². The second-order valence-corrected chi connectivity index (χ2v) is 3.75. The Labute approximate surface area is 58.1 Å². The maximum absolute atomic E-state index is 5.27. The fourth-order valence-corrected chi connectivity index (χ4v) is 0.408. The second-order valence-electron chi connectivity index (χ2n) is 2.82. The Balaban J connectivity index is 3.71. The first-order valence-electron chi connectivity index (χ1n) is 3.21. The van der Waals surface area contributed by atoms with Crippen molar-refractivity contribution < 1.29 is 0 Å². The molecule has 0 saturated heterocycles. The molecule has 0 aromatic carbocycles. The average Bonchev–Trinajstić information content (AvgIpc) is 1.67. The van der Waals surface area contributed by atoms with Gasteiger partial charge in [-0.25, -0.2) is 0 Å². The highest BCUT2D eigenvalue weighted by atomic mass is 32.1. The molecule has 0 N–H and O–H groups in total. The van der Waals surface area contributed by atoms with Crippen LogP contribution in [0.3, 0.4) is 0 Å². The molecule has 0 aromatic heterocycles. The second kappa shape index (κ2) is 2.77. The highest BCUT2D eigenvalue weighted by molar-refractivity contribution is 7.81. The van der Waals surface area contributed by atoms with Gasteiger partial charge in [0.15, 0.2) is 0 Å². The third-order valence-electron chi connectivity index (χ3n) is 1.92. The van der Waals surface area contributed by atoms with Crippen molar-refractivity contribution in [1.29, 1.82) is 0 Å². The van der Waals surface area contributed by atoms with Crippen LogP contribution in [0.4, 0.5) is 0 Å². The highest BCUT2D eigenvalue weighted by Gasteiger charge is 2.21. The molecule has 49 valence electrons. The highest BCUT2D eigenvalue weighted by Crippen LogP contribution is 2.26. The van der Waals surface area contributed by atoms with Gasteiger partial charge in [0, 0.05) is 4.75 Å². The molecule has 0 aliphatic heterocycles. The van der Waals surface area contributed by atoms with E-state index < -0.39 is 0 Å². The zero-order valence-corrected chi connectivity index (χ0v) is 7.01. The molecule has 0 aliphatic carbocycles. The summed E-state index contributed by atoms with van der Waals surface area (Å²) < 4.78 is 0.125. The predicted molar refractivity (Wildman–Crippen MR) is 41.1 cm³/mol. The lowest BCUT2D eigenvalue weighted by atomic mass is 9.94. The molecule has 0 bridgehead atoms. The minimum absolute atomic E-state index is 0.125. The third-order valence-corrected chi connectivity index (χ3v) is 2.68. The van der Waals surface area contributed by atoms with Crippen molar-refractivity contribution in [2.75, 3.05) is 0 Å². The van der Waals surface area contributed by atoms with Gasteiger partial charge in [-0.05, 0) is 19.3 Å². The number of rotatable bonds is 2. The molecular formula is C7H15S. The molecule has 0 aliphatic rings. The third kappa shape index (κ3) is 2.08. The van der Waals surface area contributed by atoms with Crippen molar-refractivity contribution in [2.24, 2.45) is 5.92 Å². The Kier molecular flexibility index (Phi) is 2.89. The summed E-state index contributed by atoms with van der Waals surface area (Å²) >= 11 is 5.27. The van der Waals surface area contributed by atoms with Crippen molar-refractivity contribution in [3.05, 3.63) is 0 Å². The van der Waals surface area contributed by atoms with E-state index in [-0.39, 0.29) is 4.75 Å². The Bertz CT molecular complexity index is 64.8. The van der Waals surface area contributed by atoms with Crippen molar-refractivity contribution in [2.45, 2.75) is 38.9 Å². The van der Waals surface area contributed by atoms with Crippen LogP contribution in [0.5, 0.6) is 0 Å². The Morgan fingerprint density at radius 3 is 1.88 bits per heavy atom. The van der Waals surface area contributed by atoms with Gasteiger partial charge in [0.2, 0.25) is 0 Å². The van der Waals surface area contributed by atoms with Crippen LogP contribution in [-0.2, 0) is 0 Å². The van der Waals surface area contributed by atoms with E-state index in [0.717, 1.165) is 6.42 Å². The number of hydrogen-bond acceptors (Lipinski definition) is 0. The molecule has 0 aromatic rings. The topological polar surface area (TPSA) is 0 Å². The molecule has 0 amide bonds. The Morgan fingerprint density at radius 1 is 1.50 bits per heavy atom. The summed E-state index contributed by atoms with van der Waals surface area (Å²) in [4.78, 5) is 0. The first-order valence-corrected chi connectivity index (χ1v) is 3.62. The summed E-state index contributed by atoms with van der Waals surface area (Å²) in [5.74, 6) is 0.627. The SMILES string of the molecule is CCC(C)([S])C(C)C. The van der Waals surface area contributed by atoms with Crippen LogP contribution < -0.4 is 0 Å². The lowest BCUT2D eigenvalue weighted by Crippen LogP contribution is -2.22. The average molecular weight is 131 g/mol. The van der Waals surface area contributed by atoms with Gasteiger partial charge in [0.25, 0.3) is 0 Å². The first kappa shape index (κ1) is 8.35. The molecule has 0 fully saturated rings. The molecule has 8 heavy (non-hydrogen) atoms. The molecule has 1 atom stereocenters. The van der Waals surface area contributed by atoms with E-state index in [1.54, 1.807) is 0 Å². The van der Waals surface area contributed by atoms with Crippen LogP contribution in [0, 0.1) is 5.92 Å². The van der Waals surface area contributed by atoms with Crippen LogP contribution in [-0.4, -0.2) is 4.75 Å². The Morgan fingerprint density at radius 2 is 1.88 bits per heavy atom. The van der Waals surface area contributed by atoms with E-state index in [1.807, 2.05) is 0 Å². The van der Waals surface area contributed by atoms with Crippen LogP contribution >= 0.6 is 12.6 Å². The van der Waals surface area contributed by atoms with Gasteiger partial charge in [-0.1, -0.05) is 33.4 Å². The molecule has 0 saturated carbocycles. The molecule has 0 rings (SSSR count). The maximum atomic E-state index is 5.27. The lowest BCUT2D eigenvalue weighted by Gasteiger charge is -2.24. The lowest BCUT2D eigenvalue weighted by molar-refractivity contribution is 0.459. The minimum Gasteiger partial charge on any atom is -0.0868 e. The maximum Gasteiger partial charge on any atom is 0.0256 e. The standard InChI is InChI=1S/C7H15S/c1-5-7(4,8)6(2)3/h6H,5H2,1-4H3. The quantitative estimate of drug-likeness (QED) is 0.540. The smallest absolute Gasteiger partial charge is 0.0256 e. The van der Waals surface area contributed by atoms with E-state index >= 15 is 0 Å². The van der Waals surface area contributed by atoms with Gasteiger partial charge in [-0.2, -0.15) is 0 Å². The fraction of sp³-hybridized carbons (Fsp3) is 1.00. The Hall–Kier alpha value is 0.350. The zero-order valence-electron chi connectivity index (χ0n) is 6.19. The van der Waals surface area contributed by atoms with Gasteiger partial charge in [0.1, 0.15) is 0 Å². The van der Waals surface area contributed by atoms with Gasteiger partial charge in [-0.15, -0.1) is 0 Å². The van der Waals surface area contributed by atoms with Crippen molar-refractivity contribution in [3.8, 4) is 0 Å². The van der Waals surface area contributed by atoms with E-state index in [2.05, 4.69) is 27.7 Å². The zero-order chi connectivity index (χ0) is 6.78. The van der Waals surface area contributed by atoms with Crippen molar-refractivity contribution in [1.82, 2.24) is 0 Å². The summed E-state index contributed by atoms with van der Waals surface area (Å²) in [7, 11) is 0. The molecule has 0 spiro atoms. The van der Waals surface area contributed by atoms with E-state index in [4.69, 9.17) is 12.6 Å². The number of hydrogen-bond donors (Lipinski definition) is 0.